The summed E-state index contributed by atoms with van der Waals surface area (Å²) >= 11 is 9.68. The van der Waals surface area contributed by atoms with Crippen LogP contribution in [0.1, 0.15) is 29.6 Å². The van der Waals surface area contributed by atoms with Gasteiger partial charge in [-0.15, -0.1) is 0 Å². The third-order valence-electron chi connectivity index (χ3n) is 6.09. The molecule has 0 saturated carbocycles. The van der Waals surface area contributed by atoms with E-state index >= 15 is 0 Å². The Labute approximate surface area is 211 Å². The fraction of sp³-hybridized carbons (Fsp3) is 0.185. The summed E-state index contributed by atoms with van der Waals surface area (Å²) in [6.45, 7) is 1.42. The highest BCUT2D eigenvalue weighted by Crippen LogP contribution is 2.39. The van der Waals surface area contributed by atoms with Gasteiger partial charge >= 0.3 is 0 Å². The first-order chi connectivity index (χ1) is 16.5. The van der Waals surface area contributed by atoms with E-state index in [1.54, 1.807) is 22.9 Å². The Hall–Kier alpha value is -3.09. The van der Waals surface area contributed by atoms with Crippen molar-refractivity contribution in [2.45, 2.75) is 19.3 Å². The number of aromatic hydroxyl groups is 1. The second-order valence-electron chi connectivity index (χ2n) is 8.34. The molecule has 1 N–H and O–H groups in total. The van der Waals surface area contributed by atoms with Crippen molar-refractivity contribution in [2.24, 2.45) is 0 Å². The number of para-hydroxylation sites is 1. The minimum Gasteiger partial charge on any atom is -0.507 e. The third-order valence-corrected chi connectivity index (χ3v) is 6.87. The molecule has 34 heavy (non-hydrogen) atoms. The lowest BCUT2D eigenvalue weighted by Gasteiger charge is -2.27. The van der Waals surface area contributed by atoms with Crippen molar-refractivity contribution in [3.05, 3.63) is 87.9 Å². The molecule has 0 bridgehead atoms. The Morgan fingerprint density at radius 1 is 0.912 bits per heavy atom. The number of nitrogens with zero attached hydrogens (tertiary/aromatic N) is 3. The number of aromatic nitrogens is 2. The van der Waals surface area contributed by atoms with E-state index < -0.39 is 0 Å². The van der Waals surface area contributed by atoms with Gasteiger partial charge in [0.15, 0.2) is 0 Å². The highest BCUT2D eigenvalue weighted by Gasteiger charge is 2.31. The summed E-state index contributed by atoms with van der Waals surface area (Å²) in [5, 5.41) is 16.2. The third kappa shape index (κ3) is 4.36. The lowest BCUT2D eigenvalue weighted by Crippen LogP contribution is -2.36. The molecule has 2 heterocycles. The van der Waals surface area contributed by atoms with Gasteiger partial charge < -0.3 is 10.0 Å². The number of amides is 1. The Balaban J connectivity index is 1.81. The summed E-state index contributed by atoms with van der Waals surface area (Å²) in [5.41, 5.74) is 3.77. The topological polar surface area (TPSA) is 58.4 Å². The number of phenols is 1. The number of carbonyl (C=O) groups excluding carboxylic acids is 1. The molecule has 1 aromatic heterocycles. The summed E-state index contributed by atoms with van der Waals surface area (Å²) < 4.78 is 2.73. The second-order valence-corrected chi connectivity index (χ2v) is 9.69. The first kappa shape index (κ1) is 22.7. The van der Waals surface area contributed by atoms with Crippen LogP contribution in [0.15, 0.2) is 77.3 Å². The number of rotatable bonds is 4. The SMILES string of the molecule is O=C(c1c(-c2ccccc2O)nn(-c2ccc(Br)cc2)c1-c1ccc(Cl)cc1)N1CCCCC1. The minimum atomic E-state index is -0.0775. The first-order valence-electron chi connectivity index (χ1n) is 11.3. The zero-order valence-electron chi connectivity index (χ0n) is 18.4. The standard InChI is InChI=1S/C27H23BrClN3O2/c28-19-10-14-21(15-11-19)32-26(18-8-12-20(29)13-9-18)24(27(34)31-16-4-1-5-17-31)25(30-32)22-6-2-3-7-23(22)33/h2-3,6-15,33H,1,4-5,16-17H2. The predicted molar refractivity (Wildman–Crippen MR) is 139 cm³/mol. The van der Waals surface area contributed by atoms with Gasteiger partial charge in [-0.3, -0.25) is 4.79 Å². The van der Waals surface area contributed by atoms with Crippen LogP contribution in [0, 0.1) is 0 Å². The van der Waals surface area contributed by atoms with Crippen molar-refractivity contribution >= 4 is 33.4 Å². The highest BCUT2D eigenvalue weighted by atomic mass is 79.9. The molecule has 1 amide bonds. The maximum Gasteiger partial charge on any atom is 0.258 e. The summed E-state index contributed by atoms with van der Waals surface area (Å²) in [6.07, 6.45) is 3.09. The zero-order chi connectivity index (χ0) is 23.7. The van der Waals surface area contributed by atoms with E-state index in [-0.39, 0.29) is 11.7 Å². The van der Waals surface area contributed by atoms with Crippen LogP contribution in [0.3, 0.4) is 0 Å². The first-order valence-corrected chi connectivity index (χ1v) is 12.4. The predicted octanol–water partition coefficient (Wildman–Crippen LogP) is 6.95. The number of benzene rings is 3. The molecule has 1 aliphatic heterocycles. The number of hydrogen-bond donors (Lipinski definition) is 1. The number of phenolic OH excluding ortho intramolecular Hbond substituents is 1. The summed E-state index contributed by atoms with van der Waals surface area (Å²) in [7, 11) is 0. The molecule has 0 atom stereocenters. The van der Waals surface area contributed by atoms with E-state index in [9.17, 15) is 9.90 Å². The average molecular weight is 537 g/mol. The molecule has 7 heteroatoms. The largest absolute Gasteiger partial charge is 0.507 e. The molecule has 0 aliphatic carbocycles. The van der Waals surface area contributed by atoms with Gasteiger partial charge in [-0.25, -0.2) is 4.68 Å². The molecular formula is C27H23BrClN3O2. The van der Waals surface area contributed by atoms with Crippen LogP contribution in [-0.2, 0) is 0 Å². The van der Waals surface area contributed by atoms with Gasteiger partial charge in [0.1, 0.15) is 11.4 Å². The van der Waals surface area contributed by atoms with Gasteiger partial charge in [-0.05, 0) is 67.8 Å². The fourth-order valence-corrected chi connectivity index (χ4v) is 4.77. The van der Waals surface area contributed by atoms with Gasteiger partial charge in [0, 0.05) is 33.7 Å². The Morgan fingerprint density at radius 3 is 2.26 bits per heavy atom. The lowest BCUT2D eigenvalue weighted by molar-refractivity contribution is 0.0726. The van der Waals surface area contributed by atoms with Crippen LogP contribution >= 0.6 is 27.5 Å². The van der Waals surface area contributed by atoms with Gasteiger partial charge in [-0.1, -0.05) is 51.8 Å². The molecule has 5 rings (SSSR count). The van der Waals surface area contributed by atoms with E-state index in [1.165, 1.54) is 0 Å². The number of carbonyl (C=O) groups is 1. The maximum absolute atomic E-state index is 14.0. The van der Waals surface area contributed by atoms with Crippen LogP contribution in [-0.4, -0.2) is 38.8 Å². The van der Waals surface area contributed by atoms with Crippen molar-refractivity contribution in [3.63, 3.8) is 0 Å². The van der Waals surface area contributed by atoms with E-state index in [4.69, 9.17) is 16.7 Å². The van der Waals surface area contributed by atoms with Gasteiger partial charge in [0.05, 0.1) is 16.9 Å². The molecule has 172 valence electrons. The highest BCUT2D eigenvalue weighted by molar-refractivity contribution is 9.10. The van der Waals surface area contributed by atoms with Crippen molar-refractivity contribution in [3.8, 4) is 34.0 Å². The number of hydrogen-bond acceptors (Lipinski definition) is 3. The monoisotopic (exact) mass is 535 g/mol. The Bertz CT molecular complexity index is 1330. The number of halogens is 2. The lowest BCUT2D eigenvalue weighted by atomic mass is 9.99. The van der Waals surface area contributed by atoms with Crippen molar-refractivity contribution in [1.29, 1.82) is 0 Å². The molecule has 5 nitrogen and oxygen atoms in total. The van der Waals surface area contributed by atoms with E-state index in [0.717, 1.165) is 35.0 Å². The number of piperidine rings is 1. The Kier molecular flexibility index (Phi) is 6.44. The molecule has 1 saturated heterocycles. The molecule has 0 spiro atoms. The van der Waals surface area contributed by atoms with E-state index in [1.807, 2.05) is 59.5 Å². The van der Waals surface area contributed by atoms with Crippen molar-refractivity contribution in [1.82, 2.24) is 14.7 Å². The zero-order valence-corrected chi connectivity index (χ0v) is 20.8. The average Bonchev–Trinajstić information content (AvgIpc) is 3.25. The molecule has 1 aliphatic rings. The fourth-order valence-electron chi connectivity index (χ4n) is 4.38. The minimum absolute atomic E-state index is 0.0775. The van der Waals surface area contributed by atoms with Crippen molar-refractivity contribution < 1.29 is 9.90 Å². The van der Waals surface area contributed by atoms with Crippen LogP contribution < -0.4 is 0 Å². The van der Waals surface area contributed by atoms with Crippen LogP contribution in [0.4, 0.5) is 0 Å². The second kappa shape index (κ2) is 9.65. The smallest absolute Gasteiger partial charge is 0.258 e. The molecule has 3 aromatic carbocycles. The summed E-state index contributed by atoms with van der Waals surface area (Å²) in [5.74, 6) is 0.00423. The van der Waals surface area contributed by atoms with Crippen LogP contribution in [0.25, 0.3) is 28.2 Å². The molecule has 4 aromatic rings. The summed E-state index contributed by atoms with van der Waals surface area (Å²) in [6, 6.07) is 22.2. The molecular weight excluding hydrogens is 514 g/mol. The van der Waals surface area contributed by atoms with Crippen LogP contribution in [0.5, 0.6) is 5.75 Å². The normalized spacial score (nSPS) is 13.8. The molecule has 0 radical (unpaired) electrons. The van der Waals surface area contributed by atoms with E-state index in [0.29, 0.717) is 40.6 Å². The quantitative estimate of drug-likeness (QED) is 0.307. The summed E-state index contributed by atoms with van der Waals surface area (Å²) in [4.78, 5) is 15.9. The van der Waals surface area contributed by atoms with Gasteiger partial charge in [0.25, 0.3) is 5.91 Å². The molecule has 0 unspecified atom stereocenters. The van der Waals surface area contributed by atoms with Gasteiger partial charge in [-0.2, -0.15) is 5.10 Å². The van der Waals surface area contributed by atoms with Crippen LogP contribution in [0.2, 0.25) is 5.02 Å². The van der Waals surface area contributed by atoms with Gasteiger partial charge in [0.2, 0.25) is 0 Å². The maximum atomic E-state index is 14.0. The van der Waals surface area contributed by atoms with Crippen molar-refractivity contribution in [2.75, 3.05) is 13.1 Å². The Morgan fingerprint density at radius 2 is 1.59 bits per heavy atom. The molecule has 1 fully saturated rings. The van der Waals surface area contributed by atoms with E-state index in [2.05, 4.69) is 15.9 Å². The number of likely N-dealkylation sites (tertiary alicyclic amines) is 1.